The molecule has 0 aromatic heterocycles. The van der Waals surface area contributed by atoms with Crippen LogP contribution in [0.25, 0.3) is 11.1 Å². The number of rotatable bonds is 4. The predicted molar refractivity (Wildman–Crippen MR) is 94.8 cm³/mol. The molecule has 4 heteroatoms. The summed E-state index contributed by atoms with van der Waals surface area (Å²) in [7, 11) is 0. The lowest BCUT2D eigenvalue weighted by Gasteiger charge is -2.09. The summed E-state index contributed by atoms with van der Waals surface area (Å²) < 4.78 is 0. The number of carbonyl (C=O) groups excluding carboxylic acids is 2. The third-order valence-corrected chi connectivity index (χ3v) is 3.69. The summed E-state index contributed by atoms with van der Waals surface area (Å²) in [6, 6.07) is 23.9. The molecule has 0 heterocycles. The molecule has 0 aliphatic carbocycles. The largest absolute Gasteiger partial charge is 0.366 e. The Morgan fingerprint density at radius 2 is 1.29 bits per heavy atom. The number of nitrogens with one attached hydrogen (secondary N) is 1. The van der Waals surface area contributed by atoms with Crippen LogP contribution in [0.2, 0.25) is 0 Å². The van der Waals surface area contributed by atoms with Crippen LogP contribution in [0.3, 0.4) is 0 Å². The highest BCUT2D eigenvalue weighted by molar-refractivity contribution is 6.08. The Hall–Kier alpha value is -3.40. The van der Waals surface area contributed by atoms with E-state index in [4.69, 9.17) is 5.73 Å². The Morgan fingerprint density at radius 1 is 0.708 bits per heavy atom. The first kappa shape index (κ1) is 15.5. The lowest BCUT2D eigenvalue weighted by Crippen LogP contribution is -2.18. The van der Waals surface area contributed by atoms with Crippen molar-refractivity contribution in [3.05, 3.63) is 90.0 Å². The quantitative estimate of drug-likeness (QED) is 0.770. The summed E-state index contributed by atoms with van der Waals surface area (Å²) in [5.41, 5.74) is 8.64. The first-order chi connectivity index (χ1) is 11.6. The van der Waals surface area contributed by atoms with E-state index in [9.17, 15) is 9.59 Å². The number of amides is 2. The van der Waals surface area contributed by atoms with Gasteiger partial charge in [-0.05, 0) is 35.4 Å². The zero-order chi connectivity index (χ0) is 16.9. The molecule has 3 N–H and O–H groups in total. The lowest BCUT2D eigenvalue weighted by molar-refractivity contribution is 0.100. The molecule has 0 bridgehead atoms. The highest BCUT2D eigenvalue weighted by atomic mass is 16.2. The van der Waals surface area contributed by atoms with E-state index >= 15 is 0 Å². The van der Waals surface area contributed by atoms with Gasteiger partial charge in [0.1, 0.15) is 0 Å². The van der Waals surface area contributed by atoms with Gasteiger partial charge < -0.3 is 11.1 Å². The number of hydrogen-bond acceptors (Lipinski definition) is 2. The molecule has 0 spiro atoms. The number of primary amides is 1. The van der Waals surface area contributed by atoms with Crippen molar-refractivity contribution in [2.45, 2.75) is 0 Å². The Labute approximate surface area is 139 Å². The average molecular weight is 316 g/mol. The molecule has 4 nitrogen and oxygen atoms in total. The fourth-order valence-corrected chi connectivity index (χ4v) is 2.45. The molecule has 3 rings (SSSR count). The van der Waals surface area contributed by atoms with Crippen LogP contribution in [0.4, 0.5) is 5.69 Å². The Morgan fingerprint density at radius 3 is 1.96 bits per heavy atom. The number of benzene rings is 3. The Kier molecular flexibility index (Phi) is 4.38. The van der Waals surface area contributed by atoms with Crippen molar-refractivity contribution in [1.82, 2.24) is 0 Å². The molecule has 0 unspecified atom stereocenters. The van der Waals surface area contributed by atoms with Crippen molar-refractivity contribution in [2.24, 2.45) is 5.73 Å². The molecule has 24 heavy (non-hydrogen) atoms. The van der Waals surface area contributed by atoms with Gasteiger partial charge in [-0.15, -0.1) is 0 Å². The van der Waals surface area contributed by atoms with Gasteiger partial charge in [-0.1, -0.05) is 54.6 Å². The van der Waals surface area contributed by atoms with Crippen LogP contribution in [0, 0.1) is 0 Å². The minimum atomic E-state index is -0.578. The van der Waals surface area contributed by atoms with Crippen molar-refractivity contribution < 1.29 is 9.59 Å². The molecular formula is C20H16N2O2. The van der Waals surface area contributed by atoms with Crippen LogP contribution in [0.1, 0.15) is 20.7 Å². The summed E-state index contributed by atoms with van der Waals surface area (Å²) in [4.78, 5) is 23.8. The fourth-order valence-electron chi connectivity index (χ4n) is 2.45. The third-order valence-electron chi connectivity index (χ3n) is 3.69. The second kappa shape index (κ2) is 6.79. The van der Waals surface area contributed by atoms with Gasteiger partial charge in [-0.2, -0.15) is 0 Å². The molecule has 0 aliphatic rings. The normalized spacial score (nSPS) is 10.2. The van der Waals surface area contributed by atoms with Gasteiger partial charge in [0, 0.05) is 5.56 Å². The Balaban J connectivity index is 1.80. The molecule has 118 valence electrons. The van der Waals surface area contributed by atoms with Crippen LogP contribution >= 0.6 is 0 Å². The molecule has 0 radical (unpaired) electrons. The lowest BCUT2D eigenvalue weighted by atomic mass is 10.0. The van der Waals surface area contributed by atoms with Gasteiger partial charge in [0.2, 0.25) is 0 Å². The van der Waals surface area contributed by atoms with E-state index in [0.29, 0.717) is 11.3 Å². The maximum absolute atomic E-state index is 12.4. The van der Waals surface area contributed by atoms with Gasteiger partial charge >= 0.3 is 0 Å². The van der Waals surface area contributed by atoms with Crippen LogP contribution in [0.15, 0.2) is 78.9 Å². The average Bonchev–Trinajstić information content (AvgIpc) is 2.63. The number of hydrogen-bond donors (Lipinski definition) is 2. The summed E-state index contributed by atoms with van der Waals surface area (Å²) in [6.45, 7) is 0. The van der Waals surface area contributed by atoms with Crippen molar-refractivity contribution in [3.63, 3.8) is 0 Å². The topological polar surface area (TPSA) is 72.2 Å². The molecule has 0 atom stereocenters. The second-order valence-corrected chi connectivity index (χ2v) is 5.31. The van der Waals surface area contributed by atoms with Gasteiger partial charge in [-0.25, -0.2) is 0 Å². The zero-order valence-corrected chi connectivity index (χ0v) is 12.9. The van der Waals surface area contributed by atoms with Crippen LogP contribution < -0.4 is 11.1 Å². The van der Waals surface area contributed by atoms with Crippen LogP contribution in [-0.2, 0) is 0 Å². The summed E-state index contributed by atoms with van der Waals surface area (Å²) in [5, 5.41) is 2.73. The standard InChI is InChI=1S/C20H16N2O2/c21-19(23)17-8-4-5-9-18(17)22-20(24)16-12-10-15(11-13-16)14-6-2-1-3-7-14/h1-13H,(H2,21,23)(H,22,24). The van der Waals surface area contributed by atoms with E-state index in [-0.39, 0.29) is 11.5 Å². The van der Waals surface area contributed by atoms with Gasteiger partial charge in [0.05, 0.1) is 11.3 Å². The Bertz CT molecular complexity index is 872. The van der Waals surface area contributed by atoms with E-state index in [0.717, 1.165) is 11.1 Å². The summed E-state index contributed by atoms with van der Waals surface area (Å²) in [5.74, 6) is -0.867. The highest BCUT2D eigenvalue weighted by Crippen LogP contribution is 2.20. The van der Waals surface area contributed by atoms with Gasteiger partial charge in [0.25, 0.3) is 11.8 Å². The smallest absolute Gasteiger partial charge is 0.255 e. The molecule has 3 aromatic rings. The number of carbonyl (C=O) groups is 2. The number of nitrogens with two attached hydrogens (primary N) is 1. The fraction of sp³-hybridized carbons (Fsp3) is 0. The third kappa shape index (κ3) is 3.33. The first-order valence-corrected chi connectivity index (χ1v) is 7.51. The van der Waals surface area contributed by atoms with Crippen LogP contribution in [-0.4, -0.2) is 11.8 Å². The van der Waals surface area contributed by atoms with Gasteiger partial charge in [0.15, 0.2) is 0 Å². The molecule has 3 aromatic carbocycles. The molecule has 2 amide bonds. The zero-order valence-electron chi connectivity index (χ0n) is 12.9. The molecule has 0 saturated carbocycles. The van der Waals surface area contributed by atoms with E-state index in [1.54, 1.807) is 36.4 Å². The number of para-hydroxylation sites is 1. The van der Waals surface area contributed by atoms with E-state index in [1.165, 1.54) is 0 Å². The number of anilines is 1. The summed E-state index contributed by atoms with van der Waals surface area (Å²) >= 11 is 0. The molecule has 0 saturated heterocycles. The van der Waals surface area contributed by atoms with E-state index < -0.39 is 5.91 Å². The molecular weight excluding hydrogens is 300 g/mol. The predicted octanol–water partition coefficient (Wildman–Crippen LogP) is 3.70. The minimum Gasteiger partial charge on any atom is -0.366 e. The van der Waals surface area contributed by atoms with Crippen molar-refractivity contribution in [1.29, 1.82) is 0 Å². The first-order valence-electron chi connectivity index (χ1n) is 7.51. The highest BCUT2D eigenvalue weighted by Gasteiger charge is 2.11. The summed E-state index contributed by atoms with van der Waals surface area (Å²) in [6.07, 6.45) is 0. The van der Waals surface area contributed by atoms with Gasteiger partial charge in [-0.3, -0.25) is 9.59 Å². The van der Waals surface area contributed by atoms with E-state index in [2.05, 4.69) is 5.32 Å². The molecule has 0 aliphatic heterocycles. The van der Waals surface area contributed by atoms with Crippen molar-refractivity contribution >= 4 is 17.5 Å². The molecule has 0 fully saturated rings. The SMILES string of the molecule is NC(=O)c1ccccc1NC(=O)c1ccc(-c2ccccc2)cc1. The van der Waals surface area contributed by atoms with Crippen molar-refractivity contribution in [3.8, 4) is 11.1 Å². The maximum Gasteiger partial charge on any atom is 0.255 e. The maximum atomic E-state index is 12.4. The van der Waals surface area contributed by atoms with E-state index in [1.807, 2.05) is 42.5 Å². The second-order valence-electron chi connectivity index (χ2n) is 5.31. The van der Waals surface area contributed by atoms with Crippen molar-refractivity contribution in [2.75, 3.05) is 5.32 Å². The monoisotopic (exact) mass is 316 g/mol. The van der Waals surface area contributed by atoms with Crippen LogP contribution in [0.5, 0.6) is 0 Å². The minimum absolute atomic E-state index is 0.284.